The maximum atomic E-state index is 9.60. The molecule has 52 valence electrons. The van der Waals surface area contributed by atoms with E-state index in [9.17, 15) is 4.79 Å². The van der Waals surface area contributed by atoms with Gasteiger partial charge >= 0.3 is 5.97 Å². The standard InChI is InChI=1S/C4H8O2.HN3/c1-2-3-4(5)6;1-3-2/h2-3H2,1H3,(H,5,6);1H. The SMILES string of the molecule is CCCC(=O)O.[N-]=[N+]=N. The number of aliphatic carboxylic acids is 1. The molecule has 0 aliphatic carbocycles. The highest BCUT2D eigenvalue weighted by molar-refractivity contribution is 5.66. The first-order chi connectivity index (χ1) is 4.18. The van der Waals surface area contributed by atoms with Crippen LogP contribution >= 0.6 is 0 Å². The summed E-state index contributed by atoms with van der Waals surface area (Å²) in [6.45, 7) is 1.84. The largest absolute Gasteiger partial charge is 0.481 e. The summed E-state index contributed by atoms with van der Waals surface area (Å²) >= 11 is 0. The third-order valence-corrected chi connectivity index (χ3v) is 0.464. The van der Waals surface area contributed by atoms with Crippen LogP contribution in [0, 0.1) is 5.53 Å². The summed E-state index contributed by atoms with van der Waals surface area (Å²) in [7, 11) is 0. The molecule has 0 heterocycles. The molecule has 0 radical (unpaired) electrons. The third-order valence-electron chi connectivity index (χ3n) is 0.464. The second-order valence-corrected chi connectivity index (χ2v) is 1.24. The molecule has 0 spiro atoms. The van der Waals surface area contributed by atoms with Crippen LogP contribution in [0.2, 0.25) is 0 Å². The van der Waals surface area contributed by atoms with Gasteiger partial charge in [0.05, 0.1) is 0 Å². The summed E-state index contributed by atoms with van der Waals surface area (Å²) in [4.78, 5) is 11.3. The van der Waals surface area contributed by atoms with E-state index < -0.39 is 5.97 Å². The first-order valence-electron chi connectivity index (χ1n) is 2.41. The topological polar surface area (TPSA) is 97.5 Å². The number of carboxylic acid groups (broad SMARTS) is 1. The molecule has 0 aliphatic rings. The molecule has 0 amide bonds. The summed E-state index contributed by atoms with van der Waals surface area (Å²) in [6.07, 6.45) is 1.02. The van der Waals surface area contributed by atoms with Gasteiger partial charge in [-0.15, -0.1) is 5.53 Å². The smallest absolute Gasteiger partial charge is 0.303 e. The third kappa shape index (κ3) is 48.9. The predicted molar refractivity (Wildman–Crippen MR) is 32.0 cm³/mol. The van der Waals surface area contributed by atoms with Crippen molar-refractivity contribution in [3.8, 4) is 0 Å². The Labute approximate surface area is 52.7 Å². The Hall–Kier alpha value is -1.22. The lowest BCUT2D eigenvalue weighted by atomic mass is 10.4. The fraction of sp³-hybridized carbons (Fsp3) is 0.750. The summed E-state index contributed by atoms with van der Waals surface area (Å²) in [5, 5.41) is 7.91. The molecule has 0 atom stereocenters. The van der Waals surface area contributed by atoms with Crippen molar-refractivity contribution in [1.82, 2.24) is 0 Å². The van der Waals surface area contributed by atoms with Crippen LogP contribution in [0.25, 0.3) is 10.4 Å². The summed E-state index contributed by atoms with van der Waals surface area (Å²) in [5.74, 6) is -0.711. The van der Waals surface area contributed by atoms with Crippen molar-refractivity contribution in [3.05, 3.63) is 10.4 Å². The van der Waals surface area contributed by atoms with Gasteiger partial charge in [0, 0.05) is 6.42 Å². The van der Waals surface area contributed by atoms with E-state index in [-0.39, 0.29) is 0 Å². The van der Waals surface area contributed by atoms with Crippen molar-refractivity contribution >= 4 is 5.97 Å². The second-order valence-electron chi connectivity index (χ2n) is 1.24. The highest BCUT2D eigenvalue weighted by Crippen LogP contribution is 1.82. The minimum atomic E-state index is -0.711. The number of nitrogens with zero attached hydrogens (tertiary/aromatic N) is 2. The normalized spacial score (nSPS) is 6.33. The van der Waals surface area contributed by atoms with Crippen LogP contribution in [0.4, 0.5) is 0 Å². The number of rotatable bonds is 2. The number of carbonyl (C=O) groups is 1. The van der Waals surface area contributed by atoms with Gasteiger partial charge < -0.3 is 5.11 Å². The Morgan fingerprint density at radius 1 is 1.89 bits per heavy atom. The molecule has 0 bridgehead atoms. The number of carboxylic acids is 1. The van der Waals surface area contributed by atoms with Crippen LogP contribution < -0.4 is 0 Å². The van der Waals surface area contributed by atoms with Gasteiger partial charge in [-0.2, -0.15) is 0 Å². The molecule has 0 aromatic rings. The van der Waals surface area contributed by atoms with E-state index in [4.69, 9.17) is 16.2 Å². The fourth-order valence-electron chi connectivity index (χ4n) is 0.214. The van der Waals surface area contributed by atoms with Gasteiger partial charge in [0.15, 0.2) is 0 Å². The summed E-state index contributed by atoms with van der Waals surface area (Å²) < 4.78 is 0. The average molecular weight is 131 g/mol. The van der Waals surface area contributed by atoms with E-state index in [0.29, 0.717) is 6.42 Å². The van der Waals surface area contributed by atoms with Gasteiger partial charge in [-0.1, -0.05) is 6.92 Å². The van der Waals surface area contributed by atoms with Crippen LogP contribution in [0.3, 0.4) is 0 Å². The molecule has 0 aromatic heterocycles. The minimum absolute atomic E-state index is 0.292. The molecule has 0 aromatic carbocycles. The lowest BCUT2D eigenvalue weighted by Crippen LogP contribution is -1.90. The first-order valence-corrected chi connectivity index (χ1v) is 2.41. The number of nitrogens with one attached hydrogen (secondary N) is 1. The Bertz CT molecular complexity index is 106. The lowest BCUT2D eigenvalue weighted by molar-refractivity contribution is -0.137. The van der Waals surface area contributed by atoms with Gasteiger partial charge in [-0.3, -0.25) is 4.79 Å². The summed E-state index contributed by atoms with van der Waals surface area (Å²) in [6, 6.07) is 0. The van der Waals surface area contributed by atoms with Crippen LogP contribution in [0.15, 0.2) is 0 Å². The molecule has 0 fully saturated rings. The minimum Gasteiger partial charge on any atom is -0.481 e. The number of hydrogen-bond acceptors (Lipinski definition) is 2. The molecule has 0 aliphatic heterocycles. The predicted octanol–water partition coefficient (Wildman–Crippen LogP) is 1.75. The van der Waals surface area contributed by atoms with E-state index in [1.54, 1.807) is 4.91 Å². The van der Waals surface area contributed by atoms with Gasteiger partial charge in [-0.25, -0.2) is 0 Å². The van der Waals surface area contributed by atoms with Crippen LogP contribution in [-0.2, 0) is 4.79 Å². The Balaban J connectivity index is 0. The van der Waals surface area contributed by atoms with E-state index in [0.717, 1.165) is 6.42 Å². The zero-order valence-electron chi connectivity index (χ0n) is 5.16. The molecule has 0 saturated heterocycles. The van der Waals surface area contributed by atoms with E-state index in [2.05, 4.69) is 0 Å². The van der Waals surface area contributed by atoms with Crippen molar-refractivity contribution in [1.29, 1.82) is 5.53 Å². The van der Waals surface area contributed by atoms with E-state index in [1.807, 2.05) is 6.92 Å². The highest BCUT2D eigenvalue weighted by Gasteiger charge is 1.87. The fourth-order valence-corrected chi connectivity index (χ4v) is 0.214. The molecule has 0 saturated carbocycles. The molecule has 0 rings (SSSR count). The molecule has 2 N–H and O–H groups in total. The second kappa shape index (κ2) is 9.91. The van der Waals surface area contributed by atoms with Crippen LogP contribution in [0.1, 0.15) is 19.8 Å². The molecule has 5 nitrogen and oxygen atoms in total. The van der Waals surface area contributed by atoms with Crippen molar-refractivity contribution < 1.29 is 9.90 Å². The quantitative estimate of drug-likeness (QED) is 0.339. The van der Waals surface area contributed by atoms with Crippen molar-refractivity contribution in [2.45, 2.75) is 19.8 Å². The molecular formula is C4H9N3O2. The van der Waals surface area contributed by atoms with Gasteiger partial charge in [0.25, 0.3) is 0 Å². The zero-order chi connectivity index (χ0) is 7.70. The monoisotopic (exact) mass is 131 g/mol. The molecule has 9 heavy (non-hydrogen) atoms. The van der Waals surface area contributed by atoms with Crippen molar-refractivity contribution in [2.75, 3.05) is 0 Å². The van der Waals surface area contributed by atoms with Crippen molar-refractivity contribution in [2.24, 2.45) is 0 Å². The van der Waals surface area contributed by atoms with Gasteiger partial charge in [-0.05, 0) is 16.9 Å². The highest BCUT2D eigenvalue weighted by atomic mass is 16.4. The van der Waals surface area contributed by atoms with Crippen LogP contribution in [0.5, 0.6) is 0 Å². The maximum Gasteiger partial charge on any atom is 0.303 e. The van der Waals surface area contributed by atoms with Gasteiger partial charge in [0.2, 0.25) is 0 Å². The van der Waals surface area contributed by atoms with Crippen molar-refractivity contribution in [3.63, 3.8) is 0 Å². The number of hydrogen-bond donors (Lipinski definition) is 2. The first kappa shape index (κ1) is 10.7. The Morgan fingerprint density at radius 2 is 2.22 bits per heavy atom. The lowest BCUT2D eigenvalue weighted by Gasteiger charge is -1.79. The molecular weight excluding hydrogens is 122 g/mol. The van der Waals surface area contributed by atoms with Gasteiger partial charge in [0.1, 0.15) is 0 Å². The Kier molecular flexibility index (Phi) is 11.8. The maximum absolute atomic E-state index is 9.60. The molecule has 5 heteroatoms. The summed E-state index contributed by atoms with van der Waals surface area (Å²) in [5.41, 5.74) is 12.2. The van der Waals surface area contributed by atoms with E-state index >= 15 is 0 Å². The molecule has 0 unspecified atom stereocenters. The zero-order valence-corrected chi connectivity index (χ0v) is 5.16. The average Bonchev–Trinajstić information content (AvgIpc) is 1.67. The van der Waals surface area contributed by atoms with Crippen LogP contribution in [-0.4, -0.2) is 11.1 Å². The van der Waals surface area contributed by atoms with E-state index in [1.165, 1.54) is 0 Å². The Morgan fingerprint density at radius 3 is 2.22 bits per heavy atom.